The number of benzene rings is 1. The molecule has 0 aromatic heterocycles. The number of esters is 2. The first-order chi connectivity index (χ1) is 13.1. The van der Waals surface area contributed by atoms with Crippen LogP contribution < -0.4 is 0 Å². The number of aliphatic hydroxyl groups is 1. The summed E-state index contributed by atoms with van der Waals surface area (Å²) in [5.74, 6) is -0.673. The quantitative estimate of drug-likeness (QED) is 0.428. The van der Waals surface area contributed by atoms with Crippen molar-refractivity contribution in [3.63, 3.8) is 0 Å². The van der Waals surface area contributed by atoms with E-state index in [1.165, 1.54) is 0 Å². The lowest BCUT2D eigenvalue weighted by atomic mass is 9.91. The van der Waals surface area contributed by atoms with Crippen LogP contribution in [0.5, 0.6) is 0 Å². The molecule has 1 saturated carbocycles. The van der Waals surface area contributed by atoms with Crippen LogP contribution in [0.15, 0.2) is 42.5 Å². The highest BCUT2D eigenvalue weighted by atomic mass is 16.6. The lowest BCUT2D eigenvalue weighted by molar-refractivity contribution is -0.141. The summed E-state index contributed by atoms with van der Waals surface area (Å²) in [5, 5.41) is 10.2. The molecule has 27 heavy (non-hydrogen) atoms. The molecule has 2 aliphatic rings. The van der Waals surface area contributed by atoms with Crippen LogP contribution in [0, 0.1) is 11.8 Å². The maximum Gasteiger partial charge on any atom is 0.338 e. The Balaban J connectivity index is 1.66. The molecule has 3 rings (SSSR count). The van der Waals surface area contributed by atoms with Crippen molar-refractivity contribution < 1.29 is 24.2 Å². The van der Waals surface area contributed by atoms with E-state index < -0.39 is 6.10 Å². The maximum atomic E-state index is 12.4. The molecule has 1 aromatic rings. The molecule has 2 unspecified atom stereocenters. The Hall–Kier alpha value is -2.14. The molecular formula is C22H28O5. The van der Waals surface area contributed by atoms with E-state index in [9.17, 15) is 14.7 Å². The SMILES string of the molecule is CCCCCC(O)/C=C/C1[C@H]2CC(=O)O[C@H]2C[C@H]1OC(=O)c1ccccc1. The van der Waals surface area contributed by atoms with Gasteiger partial charge in [-0.2, -0.15) is 0 Å². The molecule has 1 aromatic carbocycles. The largest absolute Gasteiger partial charge is 0.462 e. The van der Waals surface area contributed by atoms with E-state index in [2.05, 4.69) is 6.92 Å². The predicted molar refractivity (Wildman–Crippen MR) is 101 cm³/mol. The molecule has 0 radical (unpaired) electrons. The number of rotatable bonds is 8. The van der Waals surface area contributed by atoms with E-state index in [1.54, 1.807) is 30.3 Å². The number of carbonyl (C=O) groups excluding carboxylic acids is 2. The lowest BCUT2D eigenvalue weighted by Gasteiger charge is -2.20. The molecule has 1 N–H and O–H groups in total. The maximum absolute atomic E-state index is 12.4. The Morgan fingerprint density at radius 1 is 1.33 bits per heavy atom. The van der Waals surface area contributed by atoms with Gasteiger partial charge in [-0.1, -0.05) is 56.5 Å². The first-order valence-electron chi connectivity index (χ1n) is 9.90. The van der Waals surface area contributed by atoms with Gasteiger partial charge in [-0.25, -0.2) is 4.79 Å². The van der Waals surface area contributed by atoms with Crippen molar-refractivity contribution in [3.05, 3.63) is 48.0 Å². The Kier molecular flexibility index (Phi) is 6.67. The summed E-state index contributed by atoms with van der Waals surface area (Å²) < 4.78 is 11.1. The Morgan fingerprint density at radius 3 is 2.85 bits per heavy atom. The number of carbonyl (C=O) groups is 2. The van der Waals surface area contributed by atoms with Gasteiger partial charge in [-0.15, -0.1) is 0 Å². The van der Waals surface area contributed by atoms with Crippen LogP contribution in [0.3, 0.4) is 0 Å². The number of hydrogen-bond acceptors (Lipinski definition) is 5. The van der Waals surface area contributed by atoms with E-state index in [-0.39, 0.29) is 36.0 Å². The normalized spacial score (nSPS) is 28.1. The molecule has 1 saturated heterocycles. The summed E-state index contributed by atoms with van der Waals surface area (Å²) in [7, 11) is 0. The van der Waals surface area contributed by atoms with Crippen LogP contribution in [-0.4, -0.2) is 35.4 Å². The van der Waals surface area contributed by atoms with Gasteiger partial charge in [-0.05, 0) is 18.6 Å². The van der Waals surface area contributed by atoms with Gasteiger partial charge in [0.15, 0.2) is 0 Å². The topological polar surface area (TPSA) is 72.8 Å². The second kappa shape index (κ2) is 9.18. The number of hydrogen-bond donors (Lipinski definition) is 1. The van der Waals surface area contributed by atoms with Crippen LogP contribution in [0.25, 0.3) is 0 Å². The minimum absolute atomic E-state index is 0.00478. The summed E-state index contributed by atoms with van der Waals surface area (Å²) in [6.07, 6.45) is 7.39. The van der Waals surface area contributed by atoms with Crippen molar-refractivity contribution in [1.29, 1.82) is 0 Å². The van der Waals surface area contributed by atoms with Gasteiger partial charge in [-0.3, -0.25) is 4.79 Å². The summed E-state index contributed by atoms with van der Waals surface area (Å²) in [6.45, 7) is 2.13. The molecule has 5 atom stereocenters. The van der Waals surface area contributed by atoms with E-state index in [0.29, 0.717) is 18.4 Å². The van der Waals surface area contributed by atoms with Gasteiger partial charge in [0.05, 0.1) is 18.1 Å². The number of fused-ring (bicyclic) bond motifs is 1. The molecule has 0 bridgehead atoms. The number of unbranched alkanes of at least 4 members (excludes halogenated alkanes) is 2. The minimum atomic E-state index is -0.515. The highest BCUT2D eigenvalue weighted by molar-refractivity contribution is 5.89. The van der Waals surface area contributed by atoms with Gasteiger partial charge in [0, 0.05) is 18.3 Å². The van der Waals surface area contributed by atoms with Crippen LogP contribution in [-0.2, 0) is 14.3 Å². The van der Waals surface area contributed by atoms with Crippen LogP contribution in [0.4, 0.5) is 0 Å². The standard InChI is InChI=1S/C22H28O5/c1-2-3-5-10-16(23)11-12-17-18-13-21(24)26-20(18)14-19(17)27-22(25)15-8-6-4-7-9-15/h4,6-9,11-12,16-20,23H,2-3,5,10,13-14H2,1H3/b12-11+/t16?,17?,18-,19-,20+/m1/s1. The zero-order valence-electron chi connectivity index (χ0n) is 15.8. The van der Waals surface area contributed by atoms with Crippen LogP contribution in [0.1, 0.15) is 55.8 Å². The van der Waals surface area contributed by atoms with E-state index in [0.717, 1.165) is 25.7 Å². The fourth-order valence-electron chi connectivity index (χ4n) is 4.03. The molecule has 5 nitrogen and oxygen atoms in total. The second-order valence-electron chi connectivity index (χ2n) is 7.47. The Bertz CT molecular complexity index is 669. The number of ether oxygens (including phenoxy) is 2. The van der Waals surface area contributed by atoms with Crippen molar-refractivity contribution in [2.24, 2.45) is 11.8 Å². The second-order valence-corrected chi connectivity index (χ2v) is 7.47. The average Bonchev–Trinajstić information content (AvgIpc) is 3.16. The third kappa shape index (κ3) is 4.98. The first kappa shape index (κ1) is 19.6. The summed E-state index contributed by atoms with van der Waals surface area (Å²) >= 11 is 0. The van der Waals surface area contributed by atoms with Crippen molar-refractivity contribution in [2.45, 2.75) is 63.8 Å². The van der Waals surface area contributed by atoms with Crippen molar-refractivity contribution in [2.75, 3.05) is 0 Å². The van der Waals surface area contributed by atoms with Gasteiger partial charge in [0.25, 0.3) is 0 Å². The molecule has 1 aliphatic heterocycles. The van der Waals surface area contributed by atoms with E-state index in [1.807, 2.05) is 12.1 Å². The van der Waals surface area contributed by atoms with Crippen LogP contribution in [0.2, 0.25) is 0 Å². The summed E-state index contributed by atoms with van der Waals surface area (Å²) in [6, 6.07) is 8.89. The molecule has 146 valence electrons. The third-order valence-electron chi connectivity index (χ3n) is 5.48. The molecular weight excluding hydrogens is 344 g/mol. The minimum Gasteiger partial charge on any atom is -0.462 e. The fourth-order valence-corrected chi connectivity index (χ4v) is 4.03. The highest BCUT2D eigenvalue weighted by Gasteiger charge is 2.50. The molecule has 2 fully saturated rings. The smallest absolute Gasteiger partial charge is 0.338 e. The Labute approximate surface area is 160 Å². The molecule has 0 amide bonds. The zero-order chi connectivity index (χ0) is 19.2. The monoisotopic (exact) mass is 372 g/mol. The van der Waals surface area contributed by atoms with Gasteiger partial charge >= 0.3 is 11.9 Å². The van der Waals surface area contributed by atoms with Crippen molar-refractivity contribution >= 4 is 11.9 Å². The van der Waals surface area contributed by atoms with Gasteiger partial charge in [0.2, 0.25) is 0 Å². The van der Waals surface area contributed by atoms with E-state index in [4.69, 9.17) is 9.47 Å². The van der Waals surface area contributed by atoms with E-state index >= 15 is 0 Å². The summed E-state index contributed by atoms with van der Waals surface area (Å²) in [4.78, 5) is 24.1. The molecule has 1 heterocycles. The molecule has 0 spiro atoms. The predicted octanol–water partition coefficient (Wildman–Crippen LogP) is 3.66. The Morgan fingerprint density at radius 2 is 2.11 bits per heavy atom. The third-order valence-corrected chi connectivity index (χ3v) is 5.48. The van der Waals surface area contributed by atoms with Gasteiger partial charge in [0.1, 0.15) is 12.2 Å². The van der Waals surface area contributed by atoms with Gasteiger partial charge < -0.3 is 14.6 Å². The average molecular weight is 372 g/mol. The number of aliphatic hydroxyl groups excluding tert-OH is 1. The zero-order valence-corrected chi connectivity index (χ0v) is 15.8. The lowest BCUT2D eigenvalue weighted by Crippen LogP contribution is -2.25. The summed E-state index contributed by atoms with van der Waals surface area (Å²) in [5.41, 5.74) is 0.508. The first-order valence-corrected chi connectivity index (χ1v) is 9.90. The van der Waals surface area contributed by atoms with Crippen LogP contribution >= 0.6 is 0 Å². The fraction of sp³-hybridized carbons (Fsp3) is 0.545. The highest BCUT2D eigenvalue weighted by Crippen LogP contribution is 2.43. The molecule has 5 heteroatoms. The van der Waals surface area contributed by atoms with Crippen molar-refractivity contribution in [1.82, 2.24) is 0 Å². The molecule has 1 aliphatic carbocycles. The van der Waals surface area contributed by atoms with Crippen molar-refractivity contribution in [3.8, 4) is 0 Å².